The monoisotopic (exact) mass is 251 g/mol. The Morgan fingerprint density at radius 2 is 1.94 bits per heavy atom. The van der Waals surface area contributed by atoms with Gasteiger partial charge in [0.15, 0.2) is 0 Å². The summed E-state index contributed by atoms with van der Waals surface area (Å²) in [4.78, 5) is 29.8. The number of carbonyl (C=O) groups is 2. The molecule has 6 nitrogen and oxygen atoms in total. The van der Waals surface area contributed by atoms with E-state index in [9.17, 15) is 9.59 Å². The molecule has 1 aliphatic heterocycles. The van der Waals surface area contributed by atoms with Crippen molar-refractivity contribution in [2.45, 2.75) is 6.92 Å². The zero-order valence-corrected chi connectivity index (χ0v) is 10.4. The van der Waals surface area contributed by atoms with E-state index in [1.807, 2.05) is 0 Å². The molecule has 0 atom stereocenters. The van der Waals surface area contributed by atoms with Crippen LogP contribution in [0.15, 0.2) is 18.5 Å². The first-order chi connectivity index (χ1) is 8.72. The van der Waals surface area contributed by atoms with Gasteiger partial charge < -0.3 is 19.5 Å². The summed E-state index contributed by atoms with van der Waals surface area (Å²) in [6.45, 7) is 4.29. The van der Waals surface area contributed by atoms with Crippen LogP contribution in [-0.2, 0) is 4.74 Å². The molecule has 0 bridgehead atoms. The van der Waals surface area contributed by atoms with Crippen molar-refractivity contribution < 1.29 is 14.3 Å². The van der Waals surface area contributed by atoms with Crippen LogP contribution in [0.5, 0.6) is 0 Å². The van der Waals surface area contributed by atoms with Crippen LogP contribution in [0.25, 0.3) is 0 Å². The van der Waals surface area contributed by atoms with E-state index in [1.54, 1.807) is 35.2 Å². The SMILES string of the molecule is CCOC(=O)N1CCN(C(=O)c2cc[nH]c2)CC1. The van der Waals surface area contributed by atoms with Gasteiger partial charge in [0.25, 0.3) is 5.91 Å². The Morgan fingerprint density at radius 3 is 2.50 bits per heavy atom. The summed E-state index contributed by atoms with van der Waals surface area (Å²) in [7, 11) is 0. The number of ether oxygens (including phenoxy) is 1. The van der Waals surface area contributed by atoms with Gasteiger partial charge in [0.1, 0.15) is 0 Å². The summed E-state index contributed by atoms with van der Waals surface area (Å²) >= 11 is 0. The van der Waals surface area contributed by atoms with E-state index < -0.39 is 0 Å². The van der Waals surface area contributed by atoms with Crippen LogP contribution in [-0.4, -0.2) is 59.6 Å². The molecule has 2 rings (SSSR count). The highest BCUT2D eigenvalue weighted by Gasteiger charge is 2.25. The van der Waals surface area contributed by atoms with Gasteiger partial charge in [-0.1, -0.05) is 0 Å². The van der Waals surface area contributed by atoms with Crippen molar-refractivity contribution >= 4 is 12.0 Å². The number of hydrogen-bond donors (Lipinski definition) is 1. The van der Waals surface area contributed by atoms with E-state index >= 15 is 0 Å². The molecule has 0 saturated carbocycles. The molecule has 1 saturated heterocycles. The van der Waals surface area contributed by atoms with E-state index in [4.69, 9.17) is 4.74 Å². The van der Waals surface area contributed by atoms with Crippen molar-refractivity contribution in [1.82, 2.24) is 14.8 Å². The molecule has 2 amide bonds. The first-order valence-corrected chi connectivity index (χ1v) is 6.06. The average molecular weight is 251 g/mol. The van der Waals surface area contributed by atoms with Crippen molar-refractivity contribution in [3.63, 3.8) is 0 Å². The van der Waals surface area contributed by atoms with E-state index in [0.29, 0.717) is 38.3 Å². The lowest BCUT2D eigenvalue weighted by atomic mass is 10.2. The van der Waals surface area contributed by atoms with Crippen LogP contribution >= 0.6 is 0 Å². The molecule has 0 unspecified atom stereocenters. The third-order valence-corrected chi connectivity index (χ3v) is 2.94. The minimum absolute atomic E-state index is 0.000223. The molecular weight excluding hydrogens is 234 g/mol. The van der Waals surface area contributed by atoms with Gasteiger partial charge in [-0.3, -0.25) is 4.79 Å². The van der Waals surface area contributed by atoms with Gasteiger partial charge in [-0.25, -0.2) is 4.79 Å². The lowest BCUT2D eigenvalue weighted by Gasteiger charge is -2.33. The van der Waals surface area contributed by atoms with Gasteiger partial charge in [-0.2, -0.15) is 0 Å². The van der Waals surface area contributed by atoms with Crippen molar-refractivity contribution in [2.24, 2.45) is 0 Å². The fourth-order valence-electron chi connectivity index (χ4n) is 1.95. The number of nitrogens with zero attached hydrogens (tertiary/aromatic N) is 2. The number of carbonyl (C=O) groups excluding carboxylic acids is 2. The van der Waals surface area contributed by atoms with Gasteiger partial charge in [-0.05, 0) is 13.0 Å². The summed E-state index contributed by atoms with van der Waals surface area (Å²) < 4.78 is 4.93. The minimum Gasteiger partial charge on any atom is -0.450 e. The quantitative estimate of drug-likeness (QED) is 0.850. The predicted molar refractivity (Wildman–Crippen MR) is 65.3 cm³/mol. The third-order valence-electron chi connectivity index (χ3n) is 2.94. The van der Waals surface area contributed by atoms with Gasteiger partial charge >= 0.3 is 6.09 Å². The highest BCUT2D eigenvalue weighted by atomic mass is 16.6. The van der Waals surface area contributed by atoms with E-state index in [-0.39, 0.29) is 12.0 Å². The van der Waals surface area contributed by atoms with Crippen molar-refractivity contribution in [3.05, 3.63) is 24.0 Å². The normalized spacial score (nSPS) is 15.6. The minimum atomic E-state index is -0.300. The van der Waals surface area contributed by atoms with Gasteiger partial charge in [0.2, 0.25) is 0 Å². The maximum atomic E-state index is 12.0. The summed E-state index contributed by atoms with van der Waals surface area (Å²) in [5, 5.41) is 0. The molecule has 1 aliphatic rings. The van der Waals surface area contributed by atoms with Gasteiger partial charge in [-0.15, -0.1) is 0 Å². The molecule has 0 aromatic carbocycles. The number of nitrogens with one attached hydrogen (secondary N) is 1. The molecule has 1 N–H and O–H groups in total. The highest BCUT2D eigenvalue weighted by Crippen LogP contribution is 2.09. The number of piperazine rings is 1. The lowest BCUT2D eigenvalue weighted by Crippen LogP contribution is -2.50. The Morgan fingerprint density at radius 1 is 1.28 bits per heavy atom. The molecule has 0 spiro atoms. The molecule has 6 heteroatoms. The molecule has 18 heavy (non-hydrogen) atoms. The molecule has 2 heterocycles. The second-order valence-corrected chi connectivity index (χ2v) is 4.08. The summed E-state index contributed by atoms with van der Waals surface area (Å²) in [5.41, 5.74) is 0.652. The Labute approximate surface area is 106 Å². The highest BCUT2D eigenvalue weighted by molar-refractivity contribution is 5.94. The average Bonchev–Trinajstić information content (AvgIpc) is 2.92. The fourth-order valence-corrected chi connectivity index (χ4v) is 1.95. The van der Waals surface area contributed by atoms with Crippen LogP contribution in [0, 0.1) is 0 Å². The smallest absolute Gasteiger partial charge is 0.409 e. The van der Waals surface area contributed by atoms with Gasteiger partial charge in [0, 0.05) is 38.6 Å². The Hall–Kier alpha value is -1.98. The topological polar surface area (TPSA) is 65.6 Å². The maximum absolute atomic E-state index is 12.0. The third kappa shape index (κ3) is 2.64. The molecular formula is C12H17N3O3. The number of aromatic nitrogens is 1. The lowest BCUT2D eigenvalue weighted by molar-refractivity contribution is 0.0570. The van der Waals surface area contributed by atoms with Crippen LogP contribution in [0.3, 0.4) is 0 Å². The number of amides is 2. The Kier molecular flexibility index (Phi) is 3.86. The molecule has 1 fully saturated rings. The van der Waals surface area contributed by atoms with E-state index in [1.165, 1.54) is 0 Å². The first kappa shape index (κ1) is 12.5. The van der Waals surface area contributed by atoms with Crippen LogP contribution in [0.4, 0.5) is 4.79 Å². The standard InChI is InChI=1S/C12H17N3O3/c1-2-18-12(17)15-7-5-14(6-8-15)11(16)10-3-4-13-9-10/h3-4,9,13H,2,5-8H2,1H3. The zero-order valence-electron chi connectivity index (χ0n) is 10.4. The van der Waals surface area contributed by atoms with Gasteiger partial charge in [0.05, 0.1) is 12.2 Å². The molecule has 0 aliphatic carbocycles. The largest absolute Gasteiger partial charge is 0.450 e. The molecule has 1 aromatic heterocycles. The molecule has 98 valence electrons. The number of rotatable bonds is 2. The zero-order chi connectivity index (χ0) is 13.0. The van der Waals surface area contributed by atoms with Crippen LogP contribution in [0.1, 0.15) is 17.3 Å². The van der Waals surface area contributed by atoms with Crippen molar-refractivity contribution in [2.75, 3.05) is 32.8 Å². The number of aromatic amines is 1. The van der Waals surface area contributed by atoms with Crippen molar-refractivity contribution in [1.29, 1.82) is 0 Å². The Balaban J connectivity index is 1.87. The van der Waals surface area contributed by atoms with Crippen LogP contribution in [0.2, 0.25) is 0 Å². The summed E-state index contributed by atoms with van der Waals surface area (Å²) in [6.07, 6.45) is 3.11. The molecule has 1 aromatic rings. The number of hydrogen-bond acceptors (Lipinski definition) is 3. The van der Waals surface area contributed by atoms with Crippen LogP contribution < -0.4 is 0 Å². The van der Waals surface area contributed by atoms with E-state index in [0.717, 1.165) is 0 Å². The van der Waals surface area contributed by atoms with E-state index in [2.05, 4.69) is 4.98 Å². The second kappa shape index (κ2) is 5.57. The summed E-state index contributed by atoms with van der Waals surface area (Å²) in [5.74, 6) is -0.000223. The second-order valence-electron chi connectivity index (χ2n) is 4.08. The predicted octanol–water partition coefficient (Wildman–Crippen LogP) is 0.929. The number of H-pyrrole nitrogens is 1. The first-order valence-electron chi connectivity index (χ1n) is 6.06. The summed E-state index contributed by atoms with van der Waals surface area (Å²) in [6, 6.07) is 1.75. The maximum Gasteiger partial charge on any atom is 0.409 e. The molecule has 0 radical (unpaired) electrons. The van der Waals surface area contributed by atoms with Crippen molar-refractivity contribution in [3.8, 4) is 0 Å². The fraction of sp³-hybridized carbons (Fsp3) is 0.500. The Bertz CT molecular complexity index is 408.